The molecule has 1 saturated heterocycles. The molecule has 0 unspecified atom stereocenters. The summed E-state index contributed by atoms with van der Waals surface area (Å²) in [4.78, 5) is 31.3. The maximum Gasteiger partial charge on any atom is 0.246 e. The highest BCUT2D eigenvalue weighted by Gasteiger charge is 2.19. The number of rotatable bonds is 6. The van der Waals surface area contributed by atoms with Crippen LogP contribution in [0.25, 0.3) is 11.0 Å². The molecule has 0 saturated carbocycles. The summed E-state index contributed by atoms with van der Waals surface area (Å²) in [7, 11) is 0. The topological polar surface area (TPSA) is 67.2 Å². The van der Waals surface area contributed by atoms with E-state index in [9.17, 15) is 9.59 Å². The molecule has 1 aromatic heterocycles. The molecule has 0 bridgehead atoms. The normalized spacial score (nSPS) is 14.8. The highest BCUT2D eigenvalue weighted by molar-refractivity contribution is 5.92. The molecule has 2 heterocycles. The zero-order chi connectivity index (χ0) is 19.2. The summed E-state index contributed by atoms with van der Waals surface area (Å²) < 4.78 is 2.00. The summed E-state index contributed by atoms with van der Waals surface area (Å²) in [5.41, 5.74) is 2.32. The van der Waals surface area contributed by atoms with Gasteiger partial charge in [-0.05, 0) is 31.9 Å². The zero-order valence-corrected chi connectivity index (χ0v) is 16.0. The fraction of sp³-hybridized carbons (Fsp3) is 0.476. The van der Waals surface area contributed by atoms with Crippen LogP contribution in [0.4, 0.5) is 0 Å². The lowest BCUT2D eigenvalue weighted by atomic mass is 10.2. The van der Waals surface area contributed by atoms with Crippen molar-refractivity contribution in [3.63, 3.8) is 0 Å². The van der Waals surface area contributed by atoms with Crippen molar-refractivity contribution in [2.75, 3.05) is 19.6 Å². The zero-order valence-electron chi connectivity index (χ0n) is 16.0. The van der Waals surface area contributed by atoms with E-state index in [-0.39, 0.29) is 11.8 Å². The van der Waals surface area contributed by atoms with Crippen molar-refractivity contribution >= 4 is 22.8 Å². The second-order valence-electron chi connectivity index (χ2n) is 7.18. The molecule has 0 spiro atoms. The lowest BCUT2D eigenvalue weighted by molar-refractivity contribution is -0.131. The molecule has 0 aliphatic carbocycles. The number of hydrogen-bond acceptors (Lipinski definition) is 3. The number of nitrogens with zero attached hydrogens (tertiary/aromatic N) is 3. The Labute approximate surface area is 160 Å². The van der Waals surface area contributed by atoms with Crippen LogP contribution in [0.15, 0.2) is 36.4 Å². The van der Waals surface area contributed by atoms with E-state index in [1.165, 1.54) is 12.8 Å². The van der Waals surface area contributed by atoms with Crippen molar-refractivity contribution in [1.82, 2.24) is 19.8 Å². The van der Waals surface area contributed by atoms with Gasteiger partial charge in [-0.2, -0.15) is 0 Å². The second kappa shape index (κ2) is 8.84. The minimum absolute atomic E-state index is 0.146. The maximum absolute atomic E-state index is 12.9. The number of aromatic nitrogens is 2. The highest BCUT2D eigenvalue weighted by Crippen LogP contribution is 2.18. The number of fused-ring (bicyclic) bond motifs is 1. The van der Waals surface area contributed by atoms with Gasteiger partial charge in [-0.3, -0.25) is 9.59 Å². The van der Waals surface area contributed by atoms with Gasteiger partial charge in [-0.1, -0.05) is 31.6 Å². The number of nitrogens with one attached hydrogen (secondary N) is 1. The van der Waals surface area contributed by atoms with Gasteiger partial charge in [0.15, 0.2) is 0 Å². The van der Waals surface area contributed by atoms with Gasteiger partial charge in [0.1, 0.15) is 12.4 Å². The summed E-state index contributed by atoms with van der Waals surface area (Å²) in [5.74, 6) is 0.812. The van der Waals surface area contributed by atoms with Gasteiger partial charge in [0.25, 0.3) is 0 Å². The SMILES string of the molecule is C=C(C)C(=O)NCCc1nc2ccccc2n1CC(=O)N1CCCCCC1. The third-order valence-electron chi connectivity index (χ3n) is 5.01. The molecule has 0 radical (unpaired) electrons. The number of imidazole rings is 1. The molecule has 1 N–H and O–H groups in total. The first-order valence-corrected chi connectivity index (χ1v) is 9.72. The molecule has 144 valence electrons. The lowest BCUT2D eigenvalue weighted by Crippen LogP contribution is -2.35. The van der Waals surface area contributed by atoms with Crippen LogP contribution in [0.2, 0.25) is 0 Å². The number of para-hydroxylation sites is 2. The van der Waals surface area contributed by atoms with Gasteiger partial charge in [0.05, 0.1) is 11.0 Å². The Balaban J connectivity index is 1.76. The number of hydrogen-bond donors (Lipinski definition) is 1. The average molecular weight is 368 g/mol. The van der Waals surface area contributed by atoms with Crippen LogP contribution in [0.1, 0.15) is 38.4 Å². The third-order valence-corrected chi connectivity index (χ3v) is 5.01. The number of carbonyl (C=O) groups is 2. The fourth-order valence-corrected chi connectivity index (χ4v) is 3.49. The van der Waals surface area contributed by atoms with E-state index in [1.54, 1.807) is 6.92 Å². The van der Waals surface area contributed by atoms with Crippen molar-refractivity contribution < 1.29 is 9.59 Å². The van der Waals surface area contributed by atoms with E-state index in [4.69, 9.17) is 0 Å². The summed E-state index contributed by atoms with van der Waals surface area (Å²) >= 11 is 0. The number of benzene rings is 1. The summed E-state index contributed by atoms with van der Waals surface area (Å²) in [5, 5.41) is 2.84. The first-order chi connectivity index (χ1) is 13.1. The van der Waals surface area contributed by atoms with Crippen molar-refractivity contribution in [3.05, 3.63) is 42.2 Å². The van der Waals surface area contributed by atoms with Gasteiger partial charge < -0.3 is 14.8 Å². The van der Waals surface area contributed by atoms with Crippen molar-refractivity contribution in [3.8, 4) is 0 Å². The van der Waals surface area contributed by atoms with Gasteiger partial charge in [-0.25, -0.2) is 4.98 Å². The predicted octanol–water partition coefficient (Wildman–Crippen LogP) is 2.67. The van der Waals surface area contributed by atoms with Gasteiger partial charge >= 0.3 is 0 Å². The minimum atomic E-state index is -0.154. The molecule has 6 nitrogen and oxygen atoms in total. The first kappa shape index (κ1) is 19.1. The second-order valence-corrected chi connectivity index (χ2v) is 7.18. The van der Waals surface area contributed by atoms with Crippen molar-refractivity contribution in [2.24, 2.45) is 0 Å². The molecular weight excluding hydrogens is 340 g/mol. The Kier molecular flexibility index (Phi) is 6.27. The van der Waals surface area contributed by atoms with E-state index < -0.39 is 0 Å². The summed E-state index contributed by atoms with van der Waals surface area (Å²) in [6.45, 7) is 7.78. The number of amides is 2. The Morgan fingerprint density at radius 3 is 2.56 bits per heavy atom. The quantitative estimate of drug-likeness (QED) is 0.797. The Bertz CT molecular complexity index is 832. The van der Waals surface area contributed by atoms with Crippen LogP contribution in [0.3, 0.4) is 0 Å². The van der Waals surface area contributed by atoms with Crippen LogP contribution in [0, 0.1) is 0 Å². The summed E-state index contributed by atoms with van der Waals surface area (Å²) in [6.07, 6.45) is 5.13. The van der Waals surface area contributed by atoms with Crippen LogP contribution < -0.4 is 5.32 Å². The highest BCUT2D eigenvalue weighted by atomic mass is 16.2. The minimum Gasteiger partial charge on any atom is -0.352 e. The van der Waals surface area contributed by atoms with Gasteiger partial charge in [0.2, 0.25) is 11.8 Å². The number of carbonyl (C=O) groups excluding carboxylic acids is 2. The van der Waals surface area contributed by atoms with Gasteiger partial charge in [-0.15, -0.1) is 0 Å². The fourth-order valence-electron chi connectivity index (χ4n) is 3.49. The standard InChI is InChI=1S/C21H28N4O2/c1-16(2)21(27)22-12-11-19-23-17-9-5-6-10-18(17)25(19)15-20(26)24-13-7-3-4-8-14-24/h5-6,9-10H,1,3-4,7-8,11-15H2,2H3,(H,22,27). The lowest BCUT2D eigenvalue weighted by Gasteiger charge is -2.21. The molecular formula is C21H28N4O2. The smallest absolute Gasteiger partial charge is 0.246 e. The average Bonchev–Trinajstić information content (AvgIpc) is 2.84. The molecule has 1 aliphatic heterocycles. The third kappa shape index (κ3) is 4.76. The molecule has 0 atom stereocenters. The molecule has 1 aromatic carbocycles. The maximum atomic E-state index is 12.9. The molecule has 3 rings (SSSR count). The van der Waals surface area contributed by atoms with Crippen molar-refractivity contribution in [2.45, 2.75) is 45.6 Å². The van der Waals surface area contributed by atoms with Crippen LogP contribution >= 0.6 is 0 Å². The Morgan fingerprint density at radius 1 is 1.15 bits per heavy atom. The molecule has 27 heavy (non-hydrogen) atoms. The van der Waals surface area contributed by atoms with E-state index in [1.807, 2.05) is 33.7 Å². The Hall–Kier alpha value is -2.63. The molecule has 2 amide bonds. The van der Waals surface area contributed by atoms with E-state index in [0.717, 1.165) is 42.8 Å². The number of likely N-dealkylation sites (tertiary alicyclic amines) is 1. The van der Waals surface area contributed by atoms with Crippen LogP contribution in [0.5, 0.6) is 0 Å². The van der Waals surface area contributed by atoms with Crippen molar-refractivity contribution in [1.29, 1.82) is 0 Å². The molecule has 1 aliphatic rings. The molecule has 1 fully saturated rings. The summed E-state index contributed by atoms with van der Waals surface area (Å²) in [6, 6.07) is 7.86. The molecule has 6 heteroatoms. The van der Waals surface area contributed by atoms with E-state index >= 15 is 0 Å². The molecule has 2 aromatic rings. The van der Waals surface area contributed by atoms with Crippen LogP contribution in [-0.4, -0.2) is 45.9 Å². The van der Waals surface area contributed by atoms with Gasteiger partial charge in [0, 0.05) is 31.6 Å². The monoisotopic (exact) mass is 368 g/mol. The Morgan fingerprint density at radius 2 is 1.85 bits per heavy atom. The van der Waals surface area contributed by atoms with Crippen LogP contribution in [-0.2, 0) is 22.6 Å². The first-order valence-electron chi connectivity index (χ1n) is 9.72. The predicted molar refractivity (Wildman–Crippen MR) is 106 cm³/mol. The van der Waals surface area contributed by atoms with E-state index in [0.29, 0.717) is 25.1 Å². The largest absolute Gasteiger partial charge is 0.352 e. The van der Waals surface area contributed by atoms with E-state index in [2.05, 4.69) is 16.9 Å².